The molecule has 2 aromatic carbocycles. The number of halogens is 2. The molecule has 0 fully saturated rings. The predicted octanol–water partition coefficient (Wildman–Crippen LogP) is 3.94. The van der Waals surface area contributed by atoms with Crippen LogP contribution < -0.4 is 14.8 Å². The summed E-state index contributed by atoms with van der Waals surface area (Å²) in [5.41, 5.74) is 0.551. The summed E-state index contributed by atoms with van der Waals surface area (Å²) in [6.07, 6.45) is 0.636. The van der Waals surface area contributed by atoms with Crippen LogP contribution in [0.15, 0.2) is 41.3 Å². The Bertz CT molecular complexity index is 897. The van der Waals surface area contributed by atoms with Crippen molar-refractivity contribution < 1.29 is 17.9 Å². The Labute approximate surface area is 162 Å². The highest BCUT2D eigenvalue weighted by Gasteiger charge is 2.21. The topological polar surface area (TPSA) is 84.5 Å². The number of carbonyl (C=O) groups is 1. The average Bonchev–Trinajstić information content (AvgIpc) is 2.58. The Morgan fingerprint density at radius 2 is 1.77 bits per heavy atom. The van der Waals surface area contributed by atoms with E-state index < -0.39 is 15.9 Å². The smallest absolute Gasteiger partial charge is 0.255 e. The summed E-state index contributed by atoms with van der Waals surface area (Å²) in [6, 6.07) is 8.78. The highest BCUT2D eigenvalue weighted by molar-refractivity contribution is 7.89. The van der Waals surface area contributed by atoms with Gasteiger partial charge in [0.15, 0.2) is 0 Å². The Morgan fingerprint density at radius 3 is 2.35 bits per heavy atom. The summed E-state index contributed by atoms with van der Waals surface area (Å²) >= 11 is 11.8. The third-order valence-corrected chi connectivity index (χ3v) is 5.30. The van der Waals surface area contributed by atoms with Crippen molar-refractivity contribution >= 4 is 44.8 Å². The zero-order chi connectivity index (χ0) is 19.3. The van der Waals surface area contributed by atoms with Crippen molar-refractivity contribution in [1.82, 2.24) is 4.72 Å². The van der Waals surface area contributed by atoms with Crippen LogP contribution in [-0.2, 0) is 10.0 Å². The van der Waals surface area contributed by atoms with Gasteiger partial charge in [0, 0.05) is 27.8 Å². The van der Waals surface area contributed by atoms with Crippen LogP contribution in [-0.4, -0.2) is 28.0 Å². The number of anilines is 1. The number of ether oxygens (including phenoxy) is 1. The molecule has 0 aliphatic carbocycles. The molecule has 0 aromatic heterocycles. The van der Waals surface area contributed by atoms with Crippen LogP contribution in [0.5, 0.6) is 5.75 Å². The molecule has 0 atom stereocenters. The van der Waals surface area contributed by atoms with E-state index in [2.05, 4.69) is 10.0 Å². The van der Waals surface area contributed by atoms with Crippen molar-refractivity contribution in [2.75, 3.05) is 19.0 Å². The lowest BCUT2D eigenvalue weighted by Gasteiger charge is -2.12. The first-order valence-corrected chi connectivity index (χ1v) is 9.96. The van der Waals surface area contributed by atoms with E-state index in [1.807, 2.05) is 6.92 Å². The van der Waals surface area contributed by atoms with E-state index in [9.17, 15) is 13.2 Å². The molecule has 0 saturated carbocycles. The number of sulfonamides is 1. The Morgan fingerprint density at radius 1 is 1.12 bits per heavy atom. The normalized spacial score (nSPS) is 11.2. The summed E-state index contributed by atoms with van der Waals surface area (Å²) in [5.74, 6) is -0.353. The van der Waals surface area contributed by atoms with Crippen molar-refractivity contribution in [1.29, 1.82) is 0 Å². The Balaban J connectivity index is 2.35. The molecular weight excluding hydrogens is 399 g/mol. The number of benzene rings is 2. The molecule has 2 aromatic rings. The van der Waals surface area contributed by atoms with E-state index in [-0.39, 0.29) is 22.8 Å². The minimum absolute atomic E-state index is 0.106. The fourth-order valence-corrected chi connectivity index (χ4v) is 4.02. The molecule has 6 nitrogen and oxygen atoms in total. The van der Waals surface area contributed by atoms with Gasteiger partial charge in [-0.15, -0.1) is 0 Å². The molecule has 0 spiro atoms. The monoisotopic (exact) mass is 416 g/mol. The lowest BCUT2D eigenvalue weighted by molar-refractivity contribution is 0.102. The second kappa shape index (κ2) is 8.73. The third kappa shape index (κ3) is 5.11. The highest BCUT2D eigenvalue weighted by Crippen LogP contribution is 2.26. The summed E-state index contributed by atoms with van der Waals surface area (Å²) in [6.45, 7) is 2.13. The van der Waals surface area contributed by atoms with Crippen LogP contribution >= 0.6 is 23.2 Å². The second-order valence-electron chi connectivity index (χ2n) is 5.38. The molecule has 9 heteroatoms. The summed E-state index contributed by atoms with van der Waals surface area (Å²) in [5, 5.41) is 3.38. The van der Waals surface area contributed by atoms with Gasteiger partial charge in [-0.1, -0.05) is 30.1 Å². The van der Waals surface area contributed by atoms with Gasteiger partial charge < -0.3 is 10.1 Å². The number of carbonyl (C=O) groups excluding carboxylic acids is 1. The van der Waals surface area contributed by atoms with Crippen molar-refractivity contribution in [3.63, 3.8) is 0 Å². The molecule has 1 amide bonds. The van der Waals surface area contributed by atoms with E-state index >= 15 is 0 Å². The first kappa shape index (κ1) is 20.5. The first-order valence-electron chi connectivity index (χ1n) is 7.72. The fourth-order valence-electron chi connectivity index (χ4n) is 2.17. The number of methoxy groups -OCH3 is 1. The van der Waals surface area contributed by atoms with Crippen LogP contribution in [0.3, 0.4) is 0 Å². The van der Waals surface area contributed by atoms with Crippen molar-refractivity contribution in [2.24, 2.45) is 0 Å². The highest BCUT2D eigenvalue weighted by atomic mass is 35.5. The Kier molecular flexibility index (Phi) is 6.88. The maximum absolute atomic E-state index is 12.5. The van der Waals surface area contributed by atoms with E-state index in [1.54, 1.807) is 0 Å². The average molecular weight is 417 g/mol. The molecule has 0 unspecified atom stereocenters. The van der Waals surface area contributed by atoms with Gasteiger partial charge in [0.25, 0.3) is 5.91 Å². The zero-order valence-electron chi connectivity index (χ0n) is 14.2. The summed E-state index contributed by atoms with van der Waals surface area (Å²) in [7, 11) is -2.44. The quantitative estimate of drug-likeness (QED) is 0.715. The van der Waals surface area contributed by atoms with Gasteiger partial charge in [0.1, 0.15) is 10.6 Å². The molecule has 140 valence electrons. The van der Waals surface area contributed by atoms with Crippen LogP contribution in [0.2, 0.25) is 10.0 Å². The number of rotatable bonds is 7. The molecule has 0 bridgehead atoms. The first-order chi connectivity index (χ1) is 12.3. The lowest BCUT2D eigenvalue weighted by atomic mass is 10.2. The number of nitrogens with one attached hydrogen (secondary N) is 2. The molecule has 0 radical (unpaired) electrons. The van der Waals surface area contributed by atoms with E-state index in [0.29, 0.717) is 22.2 Å². The number of hydrogen-bond acceptors (Lipinski definition) is 4. The van der Waals surface area contributed by atoms with Crippen LogP contribution in [0.25, 0.3) is 0 Å². The van der Waals surface area contributed by atoms with Crippen molar-refractivity contribution in [3.8, 4) is 5.75 Å². The molecule has 0 aliphatic heterocycles. The molecule has 0 saturated heterocycles. The predicted molar refractivity (Wildman–Crippen MR) is 103 cm³/mol. The van der Waals surface area contributed by atoms with E-state index in [4.69, 9.17) is 27.9 Å². The third-order valence-electron chi connectivity index (χ3n) is 3.38. The van der Waals surface area contributed by atoms with Crippen molar-refractivity contribution in [2.45, 2.75) is 18.2 Å². The molecule has 26 heavy (non-hydrogen) atoms. The standard InChI is InChI=1S/C17H18Cl2N2O4S/c1-3-6-20-26(23,24)16-7-11(4-5-15(16)25-2)17(22)21-14-9-12(18)8-13(19)10-14/h4-5,7-10,20H,3,6H2,1-2H3,(H,21,22). The van der Waals surface area contributed by atoms with Gasteiger partial charge in [-0.05, 0) is 42.8 Å². The van der Waals surface area contributed by atoms with Gasteiger partial charge >= 0.3 is 0 Å². The maximum Gasteiger partial charge on any atom is 0.255 e. The molecule has 2 rings (SSSR count). The molecule has 0 heterocycles. The number of amides is 1. The number of hydrogen-bond donors (Lipinski definition) is 2. The zero-order valence-corrected chi connectivity index (χ0v) is 16.5. The molecule has 2 N–H and O–H groups in total. The lowest BCUT2D eigenvalue weighted by Crippen LogP contribution is -2.25. The van der Waals surface area contributed by atoms with Gasteiger partial charge in [0.05, 0.1) is 7.11 Å². The molecular formula is C17H18Cl2N2O4S. The summed E-state index contributed by atoms with van der Waals surface area (Å²) in [4.78, 5) is 12.4. The SMILES string of the molecule is CCCNS(=O)(=O)c1cc(C(=O)Nc2cc(Cl)cc(Cl)c2)ccc1OC. The van der Waals surface area contributed by atoms with Crippen molar-refractivity contribution in [3.05, 3.63) is 52.0 Å². The van der Waals surface area contributed by atoms with Gasteiger partial charge in [-0.2, -0.15) is 0 Å². The largest absolute Gasteiger partial charge is 0.495 e. The maximum atomic E-state index is 12.5. The van der Waals surface area contributed by atoms with E-state index in [0.717, 1.165) is 0 Å². The minimum atomic E-state index is -3.80. The second-order valence-corrected chi connectivity index (χ2v) is 7.98. The van der Waals surface area contributed by atoms with Gasteiger partial charge in [-0.3, -0.25) is 4.79 Å². The van der Waals surface area contributed by atoms with Crippen LogP contribution in [0.4, 0.5) is 5.69 Å². The van der Waals surface area contributed by atoms with E-state index in [1.165, 1.54) is 43.5 Å². The molecule has 0 aliphatic rings. The van der Waals surface area contributed by atoms with Crippen LogP contribution in [0, 0.1) is 0 Å². The minimum Gasteiger partial charge on any atom is -0.495 e. The van der Waals surface area contributed by atoms with Crippen LogP contribution in [0.1, 0.15) is 23.7 Å². The van der Waals surface area contributed by atoms with Gasteiger partial charge in [0.2, 0.25) is 10.0 Å². The fraction of sp³-hybridized carbons (Fsp3) is 0.235. The summed E-state index contributed by atoms with van der Waals surface area (Å²) < 4.78 is 32.4. The van der Waals surface area contributed by atoms with Gasteiger partial charge in [-0.25, -0.2) is 13.1 Å². The Hall–Kier alpha value is -1.80.